The van der Waals surface area contributed by atoms with E-state index in [0.717, 1.165) is 37.4 Å². The Hall–Kier alpha value is -2.36. The second-order valence-corrected chi connectivity index (χ2v) is 6.21. The smallest absolute Gasteiger partial charge is 0.223 e. The minimum absolute atomic E-state index is 0.277. The number of aryl methyl sites for hydroxylation is 1. The Balaban J connectivity index is 1.47. The molecule has 1 saturated heterocycles. The van der Waals surface area contributed by atoms with Crippen LogP contribution >= 0.6 is 0 Å². The van der Waals surface area contributed by atoms with Crippen molar-refractivity contribution in [1.29, 1.82) is 0 Å². The van der Waals surface area contributed by atoms with E-state index in [-0.39, 0.29) is 5.91 Å². The first-order chi connectivity index (χ1) is 11.2. The molecule has 1 fully saturated rings. The van der Waals surface area contributed by atoms with Crippen LogP contribution in [0, 0.1) is 12.8 Å². The highest BCUT2D eigenvalue weighted by Crippen LogP contribution is 2.19. The summed E-state index contributed by atoms with van der Waals surface area (Å²) in [6, 6.07) is 14.3. The molecular weight excluding hydrogens is 286 g/mol. The van der Waals surface area contributed by atoms with Crippen LogP contribution in [0.4, 0.5) is 5.69 Å². The van der Waals surface area contributed by atoms with Crippen LogP contribution in [0.1, 0.15) is 17.7 Å². The number of nitrogens with zero attached hydrogens (tertiary/aromatic N) is 2. The molecule has 23 heavy (non-hydrogen) atoms. The Morgan fingerprint density at radius 2 is 2.09 bits per heavy atom. The standard InChI is InChI=1S/C19H23N3O/c1-15-11-18(7-9-20-15)21-13-17-12-19(23)22(14-17)10-8-16-5-3-2-4-6-16/h2-7,9,11,17H,8,10,12-14H2,1H3,(H,20,21)/t17-/m1/s1. The Morgan fingerprint density at radius 3 is 2.87 bits per heavy atom. The first-order valence-electron chi connectivity index (χ1n) is 8.19. The van der Waals surface area contributed by atoms with E-state index in [1.54, 1.807) is 0 Å². The van der Waals surface area contributed by atoms with Gasteiger partial charge in [0.2, 0.25) is 5.91 Å². The Kier molecular flexibility index (Phi) is 4.91. The largest absolute Gasteiger partial charge is 0.385 e. The van der Waals surface area contributed by atoms with Crippen molar-refractivity contribution in [3.63, 3.8) is 0 Å². The summed E-state index contributed by atoms with van der Waals surface area (Å²) in [6.07, 6.45) is 3.38. The van der Waals surface area contributed by atoms with Crippen LogP contribution < -0.4 is 5.32 Å². The van der Waals surface area contributed by atoms with Crippen molar-refractivity contribution in [2.24, 2.45) is 5.92 Å². The van der Waals surface area contributed by atoms with Crippen molar-refractivity contribution in [3.05, 3.63) is 59.9 Å². The average molecular weight is 309 g/mol. The molecule has 0 spiro atoms. The summed E-state index contributed by atoms with van der Waals surface area (Å²) in [6.45, 7) is 4.48. The Labute approximate surface area is 137 Å². The molecule has 1 aliphatic heterocycles. The van der Waals surface area contributed by atoms with Gasteiger partial charge < -0.3 is 10.2 Å². The number of likely N-dealkylation sites (tertiary alicyclic amines) is 1. The Bertz CT molecular complexity index is 657. The summed E-state index contributed by atoms with van der Waals surface area (Å²) in [5, 5.41) is 3.42. The second kappa shape index (κ2) is 7.27. The lowest BCUT2D eigenvalue weighted by Crippen LogP contribution is -2.28. The lowest BCUT2D eigenvalue weighted by atomic mass is 10.1. The van der Waals surface area contributed by atoms with Gasteiger partial charge in [-0.25, -0.2) is 0 Å². The molecule has 120 valence electrons. The molecule has 2 heterocycles. The maximum Gasteiger partial charge on any atom is 0.223 e. The molecule has 1 N–H and O–H groups in total. The van der Waals surface area contributed by atoms with Crippen molar-refractivity contribution < 1.29 is 4.79 Å². The zero-order chi connectivity index (χ0) is 16.1. The molecule has 1 aromatic heterocycles. The molecule has 0 unspecified atom stereocenters. The molecule has 4 heteroatoms. The van der Waals surface area contributed by atoms with E-state index in [4.69, 9.17) is 0 Å². The van der Waals surface area contributed by atoms with Gasteiger partial charge in [-0.1, -0.05) is 30.3 Å². The topological polar surface area (TPSA) is 45.2 Å². The fourth-order valence-corrected chi connectivity index (χ4v) is 3.03. The minimum atomic E-state index is 0.277. The van der Waals surface area contributed by atoms with E-state index >= 15 is 0 Å². The van der Waals surface area contributed by atoms with Crippen molar-refractivity contribution in [2.45, 2.75) is 19.8 Å². The third-order valence-electron chi connectivity index (χ3n) is 4.30. The Morgan fingerprint density at radius 1 is 1.26 bits per heavy atom. The van der Waals surface area contributed by atoms with Gasteiger partial charge in [-0.3, -0.25) is 9.78 Å². The minimum Gasteiger partial charge on any atom is -0.385 e. The van der Waals surface area contributed by atoms with Crippen molar-refractivity contribution in [3.8, 4) is 0 Å². The first-order valence-corrected chi connectivity index (χ1v) is 8.19. The molecule has 0 aliphatic carbocycles. The number of benzene rings is 1. The summed E-state index contributed by atoms with van der Waals surface area (Å²) >= 11 is 0. The lowest BCUT2D eigenvalue weighted by molar-refractivity contribution is -0.127. The van der Waals surface area contributed by atoms with Gasteiger partial charge in [-0.2, -0.15) is 0 Å². The van der Waals surface area contributed by atoms with E-state index in [0.29, 0.717) is 12.3 Å². The van der Waals surface area contributed by atoms with Gasteiger partial charge >= 0.3 is 0 Å². The predicted molar refractivity (Wildman–Crippen MR) is 92.3 cm³/mol. The number of amides is 1. The van der Waals surface area contributed by atoms with E-state index in [1.807, 2.05) is 48.4 Å². The fourth-order valence-electron chi connectivity index (χ4n) is 3.03. The van der Waals surface area contributed by atoms with E-state index in [9.17, 15) is 4.79 Å². The lowest BCUT2D eigenvalue weighted by Gasteiger charge is -2.17. The zero-order valence-corrected chi connectivity index (χ0v) is 13.5. The predicted octanol–water partition coefficient (Wildman–Crippen LogP) is 2.89. The average Bonchev–Trinajstić information content (AvgIpc) is 2.92. The summed E-state index contributed by atoms with van der Waals surface area (Å²) in [7, 11) is 0. The molecule has 3 rings (SSSR count). The van der Waals surface area contributed by atoms with E-state index in [2.05, 4.69) is 22.4 Å². The molecule has 0 saturated carbocycles. The summed E-state index contributed by atoms with van der Waals surface area (Å²) in [5.74, 6) is 0.658. The van der Waals surface area contributed by atoms with Gasteiger partial charge in [0, 0.05) is 49.6 Å². The molecule has 1 aromatic carbocycles. The maximum absolute atomic E-state index is 12.2. The fraction of sp³-hybridized carbons (Fsp3) is 0.368. The third-order valence-corrected chi connectivity index (χ3v) is 4.30. The van der Waals surface area contributed by atoms with Gasteiger partial charge in [-0.05, 0) is 31.0 Å². The van der Waals surface area contributed by atoms with Crippen molar-refractivity contribution in [2.75, 3.05) is 25.0 Å². The molecule has 1 atom stereocenters. The number of hydrogen-bond acceptors (Lipinski definition) is 3. The molecular formula is C19H23N3O. The molecule has 0 radical (unpaired) electrons. The quantitative estimate of drug-likeness (QED) is 0.892. The van der Waals surface area contributed by atoms with Gasteiger partial charge in [-0.15, -0.1) is 0 Å². The summed E-state index contributed by atoms with van der Waals surface area (Å²) < 4.78 is 0. The second-order valence-electron chi connectivity index (χ2n) is 6.21. The number of carbonyl (C=O) groups excluding carboxylic acids is 1. The van der Waals surface area contributed by atoms with Crippen LogP contribution in [0.2, 0.25) is 0 Å². The SMILES string of the molecule is Cc1cc(NC[C@H]2CC(=O)N(CCc3ccccc3)C2)ccn1. The van der Waals surface area contributed by atoms with Crippen LogP contribution in [0.25, 0.3) is 0 Å². The monoisotopic (exact) mass is 309 g/mol. The van der Waals surface area contributed by atoms with Crippen molar-refractivity contribution >= 4 is 11.6 Å². The zero-order valence-electron chi connectivity index (χ0n) is 13.5. The van der Waals surface area contributed by atoms with Crippen LogP contribution in [-0.4, -0.2) is 35.4 Å². The molecule has 1 aliphatic rings. The third kappa shape index (κ3) is 4.31. The van der Waals surface area contributed by atoms with Crippen LogP contribution in [0.3, 0.4) is 0 Å². The van der Waals surface area contributed by atoms with Crippen molar-refractivity contribution in [1.82, 2.24) is 9.88 Å². The summed E-state index contributed by atoms with van der Waals surface area (Å²) in [4.78, 5) is 18.4. The maximum atomic E-state index is 12.2. The van der Waals surface area contributed by atoms with Crippen LogP contribution in [-0.2, 0) is 11.2 Å². The van der Waals surface area contributed by atoms with E-state index in [1.165, 1.54) is 5.56 Å². The van der Waals surface area contributed by atoms with E-state index < -0.39 is 0 Å². The normalized spacial score (nSPS) is 17.5. The first kappa shape index (κ1) is 15.5. The van der Waals surface area contributed by atoms with Crippen LogP contribution in [0.5, 0.6) is 0 Å². The highest BCUT2D eigenvalue weighted by Gasteiger charge is 2.28. The number of hydrogen-bond donors (Lipinski definition) is 1. The highest BCUT2D eigenvalue weighted by molar-refractivity contribution is 5.78. The number of anilines is 1. The number of pyridine rings is 1. The van der Waals surface area contributed by atoms with Gasteiger partial charge in [0.1, 0.15) is 0 Å². The summed E-state index contributed by atoms with van der Waals surface area (Å²) in [5.41, 5.74) is 3.36. The van der Waals surface area contributed by atoms with Crippen LogP contribution in [0.15, 0.2) is 48.7 Å². The number of rotatable bonds is 6. The number of carbonyl (C=O) groups is 1. The van der Waals surface area contributed by atoms with Gasteiger partial charge in [0.15, 0.2) is 0 Å². The highest BCUT2D eigenvalue weighted by atomic mass is 16.2. The molecule has 2 aromatic rings. The van der Waals surface area contributed by atoms with Gasteiger partial charge in [0.05, 0.1) is 0 Å². The molecule has 1 amide bonds. The number of nitrogens with one attached hydrogen (secondary N) is 1. The van der Waals surface area contributed by atoms with Gasteiger partial charge in [0.25, 0.3) is 0 Å². The number of aromatic nitrogens is 1. The molecule has 0 bridgehead atoms. The molecule has 4 nitrogen and oxygen atoms in total.